The van der Waals surface area contributed by atoms with Gasteiger partial charge in [-0.3, -0.25) is 9.71 Å². The van der Waals surface area contributed by atoms with Crippen molar-refractivity contribution in [3.05, 3.63) is 88.0 Å². The van der Waals surface area contributed by atoms with Crippen LogP contribution in [-0.2, 0) is 6.54 Å². The lowest BCUT2D eigenvalue weighted by Gasteiger charge is -2.27. The molecule has 0 aliphatic heterocycles. The maximum Gasteiger partial charge on any atom is 0.335 e. The van der Waals surface area contributed by atoms with Crippen LogP contribution >= 0.6 is 23.5 Å². The molecule has 2 aromatic heterocycles. The molecule has 45 heavy (non-hydrogen) atoms. The molecular weight excluding hydrogens is 608 g/mol. The number of nitrogens with one attached hydrogen (secondary N) is 2. The van der Waals surface area contributed by atoms with Crippen LogP contribution in [0.1, 0.15) is 73.9 Å². The highest BCUT2D eigenvalue weighted by molar-refractivity contribution is 8.00. The van der Waals surface area contributed by atoms with E-state index in [2.05, 4.69) is 45.8 Å². The zero-order chi connectivity index (χ0) is 33.1. The van der Waals surface area contributed by atoms with Crippen molar-refractivity contribution in [1.82, 2.24) is 25.3 Å². The van der Waals surface area contributed by atoms with E-state index in [9.17, 15) is 9.90 Å². The number of halogens is 1. The van der Waals surface area contributed by atoms with Crippen molar-refractivity contribution in [3.63, 3.8) is 0 Å². The fraction of sp³-hybridized carbons (Fsp3) is 0.382. The summed E-state index contributed by atoms with van der Waals surface area (Å²) in [5.41, 5.74) is 5.61. The fourth-order valence-corrected chi connectivity index (χ4v) is 5.39. The second-order valence-electron chi connectivity index (χ2n) is 11.6. The van der Waals surface area contributed by atoms with Crippen LogP contribution in [0, 0.1) is 26.2 Å². The van der Waals surface area contributed by atoms with Gasteiger partial charge in [0, 0.05) is 29.1 Å². The number of rotatable bonds is 12. The van der Waals surface area contributed by atoms with Crippen LogP contribution in [0.2, 0.25) is 5.15 Å². The fourth-order valence-electron chi connectivity index (χ4n) is 4.60. The Balaban J connectivity index is 0.00000271. The van der Waals surface area contributed by atoms with E-state index < -0.39 is 5.97 Å². The van der Waals surface area contributed by atoms with Crippen molar-refractivity contribution in [2.24, 2.45) is 5.41 Å². The molecule has 4 rings (SSSR count). The quantitative estimate of drug-likeness (QED) is 0.129. The molecule has 3 N–H and O–H groups in total. The van der Waals surface area contributed by atoms with Crippen molar-refractivity contribution >= 4 is 35.5 Å². The van der Waals surface area contributed by atoms with Gasteiger partial charge in [0.2, 0.25) is 11.8 Å². The van der Waals surface area contributed by atoms with Gasteiger partial charge in [-0.2, -0.15) is 4.98 Å². The first kappa shape index (κ1) is 35.7. The molecule has 0 radical (unpaired) electrons. The Bertz CT molecular complexity index is 1570. The molecule has 0 fully saturated rings. The minimum Gasteiger partial charge on any atom is -0.478 e. The average Bonchev–Trinajstić information content (AvgIpc) is 2.99. The molecule has 0 saturated carbocycles. The van der Waals surface area contributed by atoms with Gasteiger partial charge in [0.25, 0.3) is 0 Å². The Hall–Kier alpha value is -3.73. The number of aromatic carboxylic acids is 1. The predicted molar refractivity (Wildman–Crippen MR) is 183 cm³/mol. The van der Waals surface area contributed by atoms with Crippen molar-refractivity contribution in [3.8, 4) is 17.1 Å². The minimum absolute atomic E-state index is 0.00923. The number of carbonyl (C=O) groups is 1. The van der Waals surface area contributed by atoms with E-state index >= 15 is 0 Å². The summed E-state index contributed by atoms with van der Waals surface area (Å²) in [7, 11) is 0. The van der Waals surface area contributed by atoms with Crippen molar-refractivity contribution in [1.29, 1.82) is 0 Å². The summed E-state index contributed by atoms with van der Waals surface area (Å²) < 4.78 is 9.50. The normalized spacial score (nSPS) is 11.8. The highest BCUT2D eigenvalue weighted by Crippen LogP contribution is 2.30. The summed E-state index contributed by atoms with van der Waals surface area (Å²) >= 11 is 7.43. The van der Waals surface area contributed by atoms with Crippen LogP contribution in [0.25, 0.3) is 11.3 Å². The monoisotopic (exact) mass is 650 g/mol. The summed E-state index contributed by atoms with van der Waals surface area (Å²) in [4.78, 5) is 30.3. The lowest BCUT2D eigenvalue weighted by molar-refractivity contribution is 0.0696. The Morgan fingerprint density at radius 1 is 1.02 bits per heavy atom. The lowest BCUT2D eigenvalue weighted by atomic mass is 9.88. The van der Waals surface area contributed by atoms with Gasteiger partial charge in [0.15, 0.2) is 5.15 Å². The van der Waals surface area contributed by atoms with E-state index in [1.165, 1.54) is 11.9 Å². The number of aromatic nitrogens is 4. The molecule has 4 aromatic rings. The molecule has 0 aliphatic carbocycles. The molecule has 240 valence electrons. The van der Waals surface area contributed by atoms with Gasteiger partial charge in [-0.05, 0) is 73.9 Å². The van der Waals surface area contributed by atoms with Gasteiger partial charge in [-0.1, -0.05) is 70.5 Å². The topological polar surface area (TPSA) is 122 Å². The summed E-state index contributed by atoms with van der Waals surface area (Å²) in [6.07, 6.45) is 2.57. The molecule has 0 aliphatic rings. The minimum atomic E-state index is -0.984. The van der Waals surface area contributed by atoms with E-state index in [-0.39, 0.29) is 17.0 Å². The van der Waals surface area contributed by atoms with E-state index in [4.69, 9.17) is 21.3 Å². The molecule has 0 saturated heterocycles. The van der Waals surface area contributed by atoms with Gasteiger partial charge < -0.3 is 15.2 Å². The highest BCUT2D eigenvalue weighted by Gasteiger charge is 2.21. The maximum absolute atomic E-state index is 11.4. The molecule has 2 heterocycles. The van der Waals surface area contributed by atoms with E-state index in [0.29, 0.717) is 35.8 Å². The van der Waals surface area contributed by atoms with Gasteiger partial charge in [-0.15, -0.1) is 0 Å². The molecule has 1 unspecified atom stereocenters. The van der Waals surface area contributed by atoms with Crippen molar-refractivity contribution < 1.29 is 14.6 Å². The van der Waals surface area contributed by atoms with E-state index in [1.807, 2.05) is 65.0 Å². The average molecular weight is 651 g/mol. The summed E-state index contributed by atoms with van der Waals surface area (Å²) in [6.45, 7) is 17.3. The number of aryl methyl sites for hydroxylation is 3. The van der Waals surface area contributed by atoms with E-state index in [0.717, 1.165) is 39.4 Å². The predicted octanol–water partition coefficient (Wildman–Crippen LogP) is 8.33. The zero-order valence-corrected chi connectivity index (χ0v) is 28.8. The number of anilines is 1. The second kappa shape index (κ2) is 16.5. The molecule has 2 aromatic carbocycles. The standard InChI is InChI=1S/C32H37ClN6O3S.C2H6/c1-19-9-7-10-20(2)28(19)26-14-27(38-31(37-26)39-43-25-12-8-11-22(13-25)30(40)41)42-18-23(15-32(4,5)6)35-17-24-16-34-21(3)29(33)36-24;1-2/h7-14,16,23,35H,15,17-18H2,1-6H3,(H,40,41)(H,37,38,39);1-2H3. The van der Waals surface area contributed by atoms with Crippen LogP contribution in [0.5, 0.6) is 5.88 Å². The van der Waals surface area contributed by atoms with Crippen LogP contribution in [0.4, 0.5) is 5.95 Å². The van der Waals surface area contributed by atoms with Crippen LogP contribution < -0.4 is 14.8 Å². The SMILES string of the molecule is CC.Cc1cccc(C)c1-c1cc(OCC(CC(C)(C)C)NCc2cnc(C)c(Cl)n2)nc(NSc2cccc(C(=O)O)c2)n1. The highest BCUT2D eigenvalue weighted by atomic mass is 35.5. The molecule has 9 nitrogen and oxygen atoms in total. The molecule has 0 bridgehead atoms. The smallest absolute Gasteiger partial charge is 0.335 e. The summed E-state index contributed by atoms with van der Waals surface area (Å²) in [6, 6.07) is 14.6. The zero-order valence-electron chi connectivity index (χ0n) is 27.2. The van der Waals surface area contributed by atoms with Gasteiger partial charge >= 0.3 is 5.97 Å². The number of benzene rings is 2. The second-order valence-corrected chi connectivity index (χ2v) is 12.8. The first-order chi connectivity index (χ1) is 21.4. The molecule has 0 spiro atoms. The van der Waals surface area contributed by atoms with Gasteiger partial charge in [0.1, 0.15) is 6.61 Å². The molecule has 11 heteroatoms. The largest absolute Gasteiger partial charge is 0.478 e. The number of hydrogen-bond donors (Lipinski definition) is 3. The number of hydrogen-bond acceptors (Lipinski definition) is 9. The number of carboxylic acid groups (broad SMARTS) is 1. The summed E-state index contributed by atoms with van der Waals surface area (Å²) in [5, 5.41) is 13.3. The third-order valence-electron chi connectivity index (χ3n) is 6.59. The van der Waals surface area contributed by atoms with Crippen molar-refractivity contribution in [2.45, 2.75) is 79.3 Å². The maximum atomic E-state index is 11.4. The Morgan fingerprint density at radius 3 is 2.36 bits per heavy atom. The van der Waals surface area contributed by atoms with Gasteiger partial charge in [0.05, 0.1) is 28.8 Å². The number of carboxylic acids is 1. The van der Waals surface area contributed by atoms with Crippen LogP contribution in [0.3, 0.4) is 0 Å². The Morgan fingerprint density at radius 2 is 1.71 bits per heavy atom. The Labute approximate surface area is 275 Å². The van der Waals surface area contributed by atoms with E-state index in [1.54, 1.807) is 24.4 Å². The Kier molecular flexibility index (Phi) is 13.1. The number of nitrogens with zero attached hydrogens (tertiary/aromatic N) is 4. The first-order valence-corrected chi connectivity index (χ1v) is 16.1. The van der Waals surface area contributed by atoms with Crippen LogP contribution in [-0.4, -0.2) is 43.7 Å². The third kappa shape index (κ3) is 11.0. The summed E-state index contributed by atoms with van der Waals surface area (Å²) in [5.74, 6) is -0.206. The van der Waals surface area contributed by atoms with Crippen molar-refractivity contribution in [2.75, 3.05) is 11.3 Å². The molecular formula is C34H43ClN6O3S. The van der Waals surface area contributed by atoms with Gasteiger partial charge in [-0.25, -0.2) is 14.8 Å². The molecule has 0 amide bonds. The lowest BCUT2D eigenvalue weighted by Crippen LogP contribution is -2.37. The van der Waals surface area contributed by atoms with Crippen LogP contribution in [0.15, 0.2) is 59.6 Å². The molecule has 1 atom stereocenters. The first-order valence-electron chi connectivity index (χ1n) is 14.9. The number of ether oxygens (including phenoxy) is 1. The third-order valence-corrected chi connectivity index (χ3v) is 7.72.